The Kier molecular flexibility index (Phi) is 6.95. The van der Waals surface area contributed by atoms with Gasteiger partial charge in [-0.05, 0) is 50.8 Å². The number of anilines is 2. The van der Waals surface area contributed by atoms with Crippen LogP contribution in [0.4, 0.5) is 11.5 Å². The molecule has 2 N–H and O–H groups in total. The number of aromatic nitrogens is 4. The maximum Gasteiger partial charge on any atom is 0.256 e. The van der Waals surface area contributed by atoms with E-state index >= 15 is 0 Å². The number of likely N-dealkylation sites (N-methyl/N-ethyl adjacent to an activating group) is 1. The van der Waals surface area contributed by atoms with Crippen molar-refractivity contribution in [1.82, 2.24) is 24.6 Å². The van der Waals surface area contributed by atoms with Crippen molar-refractivity contribution in [3.63, 3.8) is 0 Å². The second-order valence-corrected chi connectivity index (χ2v) is 10.4. The van der Waals surface area contributed by atoms with Gasteiger partial charge >= 0.3 is 0 Å². The van der Waals surface area contributed by atoms with Crippen LogP contribution in [0.5, 0.6) is 5.75 Å². The van der Waals surface area contributed by atoms with Crippen LogP contribution in [0, 0.1) is 6.92 Å². The third-order valence-electron chi connectivity index (χ3n) is 5.73. The second-order valence-electron chi connectivity index (χ2n) is 8.57. The van der Waals surface area contributed by atoms with Crippen LogP contribution in [0.3, 0.4) is 0 Å². The standard InChI is InChI=1S/C25H29N7O3S/c1-17-10-11-18(14-21(17)35-5)23-22-24(26)27-16-28-25(22)32(29-23)20-9-6-8-19(15-20)31(4)36(33,34)13-7-12-30(2)3/h6-11,13-16H,12H2,1-5H3,(H2,26,27,28)/b13-7+. The number of hydrogen-bond acceptors (Lipinski definition) is 8. The molecule has 0 atom stereocenters. The number of nitrogens with two attached hydrogens (primary N) is 1. The van der Waals surface area contributed by atoms with Crippen molar-refractivity contribution in [1.29, 1.82) is 0 Å². The number of hydrogen-bond donors (Lipinski definition) is 1. The van der Waals surface area contributed by atoms with Crippen LogP contribution in [0.25, 0.3) is 28.0 Å². The minimum absolute atomic E-state index is 0.294. The van der Waals surface area contributed by atoms with E-state index in [1.54, 1.807) is 36.1 Å². The van der Waals surface area contributed by atoms with Crippen molar-refractivity contribution >= 4 is 32.6 Å². The van der Waals surface area contributed by atoms with Crippen molar-refractivity contribution in [3.05, 3.63) is 65.8 Å². The topological polar surface area (TPSA) is 119 Å². The van der Waals surface area contributed by atoms with Gasteiger partial charge in [-0.15, -0.1) is 0 Å². The molecule has 0 saturated carbocycles. The lowest BCUT2D eigenvalue weighted by Crippen LogP contribution is -2.24. The number of nitrogen functional groups attached to an aromatic ring is 1. The molecule has 36 heavy (non-hydrogen) atoms. The van der Waals surface area contributed by atoms with Crippen LogP contribution in [0.1, 0.15) is 5.56 Å². The summed E-state index contributed by atoms with van der Waals surface area (Å²) in [5, 5.41) is 6.63. The Morgan fingerprint density at radius 1 is 1.11 bits per heavy atom. The van der Waals surface area contributed by atoms with Crippen molar-refractivity contribution < 1.29 is 13.2 Å². The summed E-state index contributed by atoms with van der Waals surface area (Å²) in [6.45, 7) is 2.47. The third-order valence-corrected chi connectivity index (χ3v) is 7.24. The van der Waals surface area contributed by atoms with Crippen molar-refractivity contribution in [2.45, 2.75) is 6.92 Å². The van der Waals surface area contributed by atoms with E-state index in [9.17, 15) is 8.42 Å². The average molecular weight is 508 g/mol. The molecule has 4 rings (SSSR count). The average Bonchev–Trinajstić information content (AvgIpc) is 3.24. The van der Waals surface area contributed by atoms with E-state index in [2.05, 4.69) is 9.97 Å². The zero-order valence-electron chi connectivity index (χ0n) is 20.9. The van der Waals surface area contributed by atoms with Crippen molar-refractivity contribution in [3.8, 4) is 22.7 Å². The monoisotopic (exact) mass is 507 g/mol. The Morgan fingerprint density at radius 2 is 1.89 bits per heavy atom. The van der Waals surface area contributed by atoms with Crippen LogP contribution < -0.4 is 14.8 Å². The Hall–Kier alpha value is -3.96. The van der Waals surface area contributed by atoms with Crippen molar-refractivity contribution in [2.75, 3.05) is 44.8 Å². The van der Waals surface area contributed by atoms with Gasteiger partial charge in [0.2, 0.25) is 0 Å². The molecule has 2 aromatic carbocycles. The van der Waals surface area contributed by atoms with Gasteiger partial charge in [-0.3, -0.25) is 4.31 Å². The fraction of sp³-hybridized carbons (Fsp3) is 0.240. The lowest BCUT2D eigenvalue weighted by Gasteiger charge is -2.18. The first kappa shape index (κ1) is 25.1. The lowest BCUT2D eigenvalue weighted by molar-refractivity contribution is 0.412. The predicted molar refractivity (Wildman–Crippen MR) is 143 cm³/mol. The molecule has 0 spiro atoms. The molecule has 10 nitrogen and oxygen atoms in total. The number of ether oxygens (including phenoxy) is 1. The molecule has 2 aromatic heterocycles. The quantitative estimate of drug-likeness (QED) is 0.386. The molecule has 0 saturated heterocycles. The maximum absolute atomic E-state index is 12.8. The molecule has 0 aliphatic rings. The molecular formula is C25H29N7O3S. The van der Waals surface area contributed by atoms with Gasteiger partial charge < -0.3 is 15.4 Å². The summed E-state index contributed by atoms with van der Waals surface area (Å²) in [4.78, 5) is 10.5. The van der Waals surface area contributed by atoms with E-state index in [4.69, 9.17) is 15.6 Å². The second kappa shape index (κ2) is 9.96. The molecule has 0 aliphatic heterocycles. The molecular weight excluding hydrogens is 478 g/mol. The number of methoxy groups -OCH3 is 1. The highest BCUT2D eigenvalue weighted by atomic mass is 32.2. The van der Waals surface area contributed by atoms with Crippen molar-refractivity contribution in [2.24, 2.45) is 0 Å². The van der Waals surface area contributed by atoms with E-state index in [-0.39, 0.29) is 0 Å². The molecule has 0 radical (unpaired) electrons. The predicted octanol–water partition coefficient (Wildman–Crippen LogP) is 3.22. The highest BCUT2D eigenvalue weighted by molar-refractivity contribution is 7.95. The molecule has 0 bridgehead atoms. The fourth-order valence-electron chi connectivity index (χ4n) is 3.76. The molecule has 0 unspecified atom stereocenters. The molecule has 11 heteroatoms. The zero-order chi connectivity index (χ0) is 26.0. The number of aryl methyl sites for hydroxylation is 1. The van der Waals surface area contributed by atoms with Crippen LogP contribution in [-0.2, 0) is 10.0 Å². The van der Waals surface area contributed by atoms with E-state index in [1.165, 1.54) is 23.1 Å². The van der Waals surface area contributed by atoms with Gasteiger partial charge in [0.25, 0.3) is 10.0 Å². The maximum atomic E-state index is 12.8. The van der Waals surface area contributed by atoms with Gasteiger partial charge in [0.05, 0.1) is 23.9 Å². The molecule has 2 heterocycles. The van der Waals surface area contributed by atoms with Gasteiger partial charge in [0, 0.05) is 24.6 Å². The summed E-state index contributed by atoms with van der Waals surface area (Å²) in [5.74, 6) is 1.02. The first-order valence-corrected chi connectivity index (χ1v) is 12.7. The van der Waals surface area contributed by atoms with Crippen LogP contribution in [0.15, 0.2) is 60.3 Å². The van der Waals surface area contributed by atoms with Crippen LogP contribution >= 0.6 is 0 Å². The normalized spacial score (nSPS) is 12.1. The molecule has 0 fully saturated rings. The Bertz CT molecular complexity index is 1540. The van der Waals surface area contributed by atoms with E-state index < -0.39 is 10.0 Å². The van der Waals surface area contributed by atoms with Gasteiger partial charge in [0.1, 0.15) is 23.6 Å². The lowest BCUT2D eigenvalue weighted by atomic mass is 10.1. The fourth-order valence-corrected chi connectivity index (χ4v) is 4.68. The molecule has 4 aromatic rings. The minimum atomic E-state index is -3.67. The summed E-state index contributed by atoms with van der Waals surface area (Å²) in [6, 6.07) is 12.8. The van der Waals surface area contributed by atoms with E-state index in [1.807, 2.05) is 50.2 Å². The Labute approximate surface area is 210 Å². The number of fused-ring (bicyclic) bond motifs is 1. The summed E-state index contributed by atoms with van der Waals surface area (Å²) in [5.41, 5.74) is 10.2. The summed E-state index contributed by atoms with van der Waals surface area (Å²) >= 11 is 0. The number of rotatable bonds is 8. The highest BCUT2D eigenvalue weighted by Crippen LogP contribution is 2.34. The van der Waals surface area contributed by atoms with Gasteiger partial charge in [-0.1, -0.05) is 24.3 Å². The van der Waals surface area contributed by atoms with E-state index in [0.717, 1.165) is 16.9 Å². The smallest absolute Gasteiger partial charge is 0.256 e. The summed E-state index contributed by atoms with van der Waals surface area (Å²) < 4.78 is 34.0. The number of benzene rings is 2. The highest BCUT2D eigenvalue weighted by Gasteiger charge is 2.20. The molecule has 0 aliphatic carbocycles. The van der Waals surface area contributed by atoms with Crippen LogP contribution in [-0.4, -0.2) is 67.9 Å². The summed E-state index contributed by atoms with van der Waals surface area (Å²) in [6.07, 6.45) is 2.99. The minimum Gasteiger partial charge on any atom is -0.496 e. The number of nitrogens with zero attached hydrogens (tertiary/aromatic N) is 6. The molecule has 0 amide bonds. The first-order chi connectivity index (χ1) is 17.1. The van der Waals surface area contributed by atoms with Gasteiger partial charge in [0.15, 0.2) is 5.65 Å². The SMILES string of the molecule is COc1cc(-c2nn(-c3cccc(N(C)S(=O)(=O)/C=C/CN(C)C)c3)c3ncnc(N)c23)ccc1C. The summed E-state index contributed by atoms with van der Waals surface area (Å²) in [7, 11) is 3.20. The van der Waals surface area contributed by atoms with Gasteiger partial charge in [-0.2, -0.15) is 5.10 Å². The third kappa shape index (κ3) is 4.88. The Morgan fingerprint density at radius 3 is 2.61 bits per heavy atom. The Balaban J connectivity index is 1.81. The first-order valence-electron chi connectivity index (χ1n) is 11.2. The van der Waals surface area contributed by atoms with Crippen LogP contribution in [0.2, 0.25) is 0 Å². The number of sulfonamides is 1. The largest absolute Gasteiger partial charge is 0.496 e. The van der Waals surface area contributed by atoms with E-state index in [0.29, 0.717) is 40.5 Å². The molecule has 188 valence electrons. The zero-order valence-corrected chi connectivity index (χ0v) is 21.7. The van der Waals surface area contributed by atoms with Gasteiger partial charge in [-0.25, -0.2) is 23.1 Å².